The molecule has 36 heavy (non-hydrogen) atoms. The molecule has 2 atom stereocenters. The largest absolute Gasteiger partial charge is 0.508 e. The minimum atomic E-state index is -0.972. The zero-order chi connectivity index (χ0) is 25.0. The number of phenolic OH excluding ortho intramolecular Hbond substituents is 1. The Morgan fingerprint density at radius 1 is 1.14 bits per heavy atom. The van der Waals surface area contributed by atoms with Gasteiger partial charge >= 0.3 is 6.03 Å². The van der Waals surface area contributed by atoms with Gasteiger partial charge in [-0.05, 0) is 87.3 Å². The van der Waals surface area contributed by atoms with Crippen LogP contribution in [-0.4, -0.2) is 75.6 Å². The highest BCUT2D eigenvalue weighted by molar-refractivity contribution is 6.08. The van der Waals surface area contributed by atoms with Crippen LogP contribution in [0.4, 0.5) is 4.79 Å². The number of carbonyl (C=O) groups is 2. The fourth-order valence-corrected chi connectivity index (χ4v) is 6.14. The molecule has 6 rings (SSSR count). The second-order valence-electron chi connectivity index (χ2n) is 10.4. The summed E-state index contributed by atoms with van der Waals surface area (Å²) in [7, 11) is 1.64. The number of methoxy groups -OCH3 is 1. The summed E-state index contributed by atoms with van der Waals surface area (Å²) in [5.74, 6) is 0.812. The number of H-pyrrole nitrogens is 1. The number of benzene rings is 2. The molecule has 2 aromatic carbocycles. The quantitative estimate of drug-likeness (QED) is 0.494. The van der Waals surface area contributed by atoms with Crippen LogP contribution in [0.2, 0.25) is 0 Å². The second kappa shape index (κ2) is 8.55. The molecule has 8 nitrogen and oxygen atoms in total. The van der Waals surface area contributed by atoms with Gasteiger partial charge in [0, 0.05) is 29.6 Å². The smallest absolute Gasteiger partial charge is 0.328 e. The Hall–Kier alpha value is -3.52. The Kier molecular flexibility index (Phi) is 5.44. The van der Waals surface area contributed by atoms with E-state index in [0.29, 0.717) is 19.4 Å². The van der Waals surface area contributed by atoms with E-state index in [2.05, 4.69) is 9.88 Å². The zero-order valence-corrected chi connectivity index (χ0v) is 20.8. The average Bonchev–Trinajstić information content (AvgIpc) is 3.27. The Morgan fingerprint density at radius 2 is 1.97 bits per heavy atom. The number of aromatic nitrogens is 1. The van der Waals surface area contributed by atoms with Crippen LogP contribution in [0.3, 0.4) is 0 Å². The molecule has 0 radical (unpaired) electrons. The van der Waals surface area contributed by atoms with Crippen molar-refractivity contribution < 1.29 is 19.4 Å². The van der Waals surface area contributed by atoms with Gasteiger partial charge in [-0.2, -0.15) is 0 Å². The topological polar surface area (TPSA) is 89.1 Å². The molecule has 3 aromatic rings. The SMILES string of the molecule is COc1ccc2[nH]c3c(c2c1)C[C@@]1(C)C(=O)N(CCCN2CCC2)C(=O)N1C3Cc1cccc(O)c1. The van der Waals surface area contributed by atoms with E-state index in [4.69, 9.17) is 4.74 Å². The van der Waals surface area contributed by atoms with Crippen molar-refractivity contribution in [3.05, 3.63) is 59.3 Å². The third-order valence-electron chi connectivity index (χ3n) is 8.13. The van der Waals surface area contributed by atoms with Crippen molar-refractivity contribution in [1.82, 2.24) is 19.7 Å². The second-order valence-corrected chi connectivity index (χ2v) is 10.4. The molecule has 3 amide bonds. The zero-order valence-electron chi connectivity index (χ0n) is 20.8. The highest BCUT2D eigenvalue weighted by Crippen LogP contribution is 2.47. The summed E-state index contributed by atoms with van der Waals surface area (Å²) in [5.41, 5.74) is 2.89. The predicted molar refractivity (Wildman–Crippen MR) is 136 cm³/mol. The number of likely N-dealkylation sites (tertiary alicyclic amines) is 1. The number of hydrogen-bond donors (Lipinski definition) is 2. The first-order chi connectivity index (χ1) is 17.4. The fraction of sp³-hybridized carbons (Fsp3) is 0.429. The number of hydrogen-bond acceptors (Lipinski definition) is 5. The lowest BCUT2D eigenvalue weighted by Gasteiger charge is -2.42. The molecule has 2 N–H and O–H groups in total. The highest BCUT2D eigenvalue weighted by atomic mass is 16.5. The van der Waals surface area contributed by atoms with Gasteiger partial charge in [0.15, 0.2) is 0 Å². The van der Waals surface area contributed by atoms with Gasteiger partial charge in [-0.1, -0.05) is 12.1 Å². The summed E-state index contributed by atoms with van der Waals surface area (Å²) in [5, 5.41) is 11.1. The molecule has 8 heteroatoms. The first-order valence-electron chi connectivity index (χ1n) is 12.7. The third kappa shape index (κ3) is 3.54. The third-order valence-corrected chi connectivity index (χ3v) is 8.13. The molecule has 2 fully saturated rings. The molecule has 1 unspecified atom stereocenters. The number of carbonyl (C=O) groups excluding carboxylic acids is 2. The van der Waals surface area contributed by atoms with Crippen LogP contribution in [-0.2, 0) is 17.6 Å². The van der Waals surface area contributed by atoms with E-state index in [9.17, 15) is 14.7 Å². The van der Waals surface area contributed by atoms with E-state index >= 15 is 0 Å². The van der Waals surface area contributed by atoms with E-state index in [1.165, 1.54) is 11.3 Å². The standard InChI is InChI=1S/C28H32N4O4/c1-28-17-22-21-16-20(36-2)8-9-23(21)29-25(22)24(15-18-6-3-7-19(33)14-18)32(28)27(35)31(26(28)34)13-5-12-30-10-4-11-30/h3,6-9,14,16,24,29,33H,4-5,10-13,15,17H2,1-2H3/t24?,28-/m0/s1. The minimum Gasteiger partial charge on any atom is -0.508 e. The van der Waals surface area contributed by atoms with Crippen molar-refractivity contribution >= 4 is 22.8 Å². The van der Waals surface area contributed by atoms with Crippen molar-refractivity contribution in [3.63, 3.8) is 0 Å². The summed E-state index contributed by atoms with van der Waals surface area (Å²) in [6.45, 7) is 5.44. The lowest BCUT2D eigenvalue weighted by atomic mass is 9.81. The normalized spacial score (nSPS) is 23.7. The maximum absolute atomic E-state index is 13.8. The molecular formula is C28H32N4O4. The number of ether oxygens (including phenoxy) is 1. The molecule has 0 bridgehead atoms. The lowest BCUT2D eigenvalue weighted by Crippen LogP contribution is -2.53. The van der Waals surface area contributed by atoms with Crippen LogP contribution in [0.25, 0.3) is 10.9 Å². The molecule has 0 saturated carbocycles. The van der Waals surface area contributed by atoms with Gasteiger partial charge in [0.1, 0.15) is 17.0 Å². The summed E-state index contributed by atoms with van der Waals surface area (Å²) >= 11 is 0. The molecule has 3 aliphatic heterocycles. The van der Waals surface area contributed by atoms with Gasteiger partial charge in [0.25, 0.3) is 5.91 Å². The average molecular weight is 489 g/mol. The molecule has 0 aliphatic carbocycles. The number of nitrogens with one attached hydrogen (secondary N) is 1. The van der Waals surface area contributed by atoms with Crippen LogP contribution in [0, 0.1) is 0 Å². The monoisotopic (exact) mass is 488 g/mol. The number of aromatic hydroxyl groups is 1. The Morgan fingerprint density at radius 3 is 2.69 bits per heavy atom. The van der Waals surface area contributed by atoms with Gasteiger partial charge in [-0.3, -0.25) is 9.69 Å². The van der Waals surface area contributed by atoms with E-state index in [-0.39, 0.29) is 23.7 Å². The number of urea groups is 1. The van der Waals surface area contributed by atoms with Crippen LogP contribution in [0.5, 0.6) is 11.5 Å². The molecule has 188 valence electrons. The molecule has 2 saturated heterocycles. The van der Waals surface area contributed by atoms with Crippen molar-refractivity contribution in [2.24, 2.45) is 0 Å². The molecule has 4 heterocycles. The maximum Gasteiger partial charge on any atom is 0.328 e. The molecular weight excluding hydrogens is 456 g/mol. The van der Waals surface area contributed by atoms with Crippen LogP contribution < -0.4 is 4.74 Å². The van der Waals surface area contributed by atoms with Gasteiger partial charge in [-0.25, -0.2) is 4.79 Å². The van der Waals surface area contributed by atoms with Gasteiger partial charge in [0.05, 0.1) is 13.2 Å². The molecule has 1 aromatic heterocycles. The summed E-state index contributed by atoms with van der Waals surface area (Å²) in [6, 6.07) is 12.4. The van der Waals surface area contributed by atoms with Gasteiger partial charge in [-0.15, -0.1) is 0 Å². The number of amides is 3. The van der Waals surface area contributed by atoms with Crippen molar-refractivity contribution in [1.29, 1.82) is 0 Å². The molecule has 3 aliphatic rings. The van der Waals surface area contributed by atoms with E-state index in [0.717, 1.165) is 59.5 Å². The van der Waals surface area contributed by atoms with Crippen molar-refractivity contribution in [2.75, 3.05) is 33.3 Å². The van der Waals surface area contributed by atoms with Gasteiger partial charge in [0.2, 0.25) is 0 Å². The minimum absolute atomic E-state index is 0.125. The number of imide groups is 1. The maximum atomic E-state index is 13.8. The van der Waals surface area contributed by atoms with Gasteiger partial charge < -0.3 is 24.6 Å². The summed E-state index contributed by atoms with van der Waals surface area (Å²) in [6.07, 6.45) is 2.94. The Bertz CT molecular complexity index is 1350. The summed E-state index contributed by atoms with van der Waals surface area (Å²) in [4.78, 5) is 36.9. The number of fused-ring (bicyclic) bond motifs is 4. The van der Waals surface area contributed by atoms with Crippen LogP contribution >= 0.6 is 0 Å². The van der Waals surface area contributed by atoms with Crippen LogP contribution in [0.15, 0.2) is 42.5 Å². The van der Waals surface area contributed by atoms with Crippen molar-refractivity contribution in [2.45, 2.75) is 44.2 Å². The first kappa shape index (κ1) is 22.9. The summed E-state index contributed by atoms with van der Waals surface area (Å²) < 4.78 is 5.48. The Balaban J connectivity index is 1.41. The highest BCUT2D eigenvalue weighted by Gasteiger charge is 2.59. The predicted octanol–water partition coefficient (Wildman–Crippen LogP) is 3.84. The van der Waals surface area contributed by atoms with E-state index < -0.39 is 5.54 Å². The van der Waals surface area contributed by atoms with E-state index in [1.54, 1.807) is 24.1 Å². The number of phenols is 1. The number of nitrogens with zero attached hydrogens (tertiary/aromatic N) is 3. The Labute approximate surface area is 210 Å². The lowest BCUT2D eigenvalue weighted by molar-refractivity contribution is -0.133. The first-order valence-corrected chi connectivity index (χ1v) is 12.7. The van der Waals surface area contributed by atoms with Crippen LogP contribution in [0.1, 0.15) is 42.6 Å². The fourth-order valence-electron chi connectivity index (χ4n) is 6.14. The molecule has 0 spiro atoms. The van der Waals surface area contributed by atoms with Crippen molar-refractivity contribution in [3.8, 4) is 11.5 Å². The number of aromatic amines is 1. The number of rotatable bonds is 7. The van der Waals surface area contributed by atoms with E-state index in [1.807, 2.05) is 37.3 Å².